The van der Waals surface area contributed by atoms with Crippen molar-refractivity contribution in [3.8, 4) is 0 Å². The number of aliphatic hydroxyl groups excluding tert-OH is 2. The summed E-state index contributed by atoms with van der Waals surface area (Å²) in [6.45, 7) is 2.66. The third-order valence-corrected chi connectivity index (χ3v) is 7.39. The zero-order chi connectivity index (χ0) is 22.6. The number of benzene rings is 1. The Morgan fingerprint density at radius 3 is 2.81 bits per heavy atom. The molecule has 2 aliphatic rings. The minimum Gasteiger partial charge on any atom is -0.389 e. The Balaban J connectivity index is 1.41. The van der Waals surface area contributed by atoms with Gasteiger partial charge in [0, 0.05) is 22.9 Å². The van der Waals surface area contributed by atoms with E-state index in [0.717, 1.165) is 38.7 Å². The van der Waals surface area contributed by atoms with Crippen LogP contribution in [-0.2, 0) is 6.42 Å². The molecule has 6 N–H and O–H groups in total. The number of anilines is 3. The minimum atomic E-state index is -0.905. The Morgan fingerprint density at radius 1 is 1.19 bits per heavy atom. The van der Waals surface area contributed by atoms with Gasteiger partial charge < -0.3 is 26.6 Å². The minimum absolute atomic E-state index is 0.259. The molecular formula is C23H25BrN6O2. The molecule has 3 heterocycles. The van der Waals surface area contributed by atoms with Crippen molar-refractivity contribution in [2.75, 3.05) is 22.9 Å². The lowest BCUT2D eigenvalue weighted by Crippen LogP contribution is -2.43. The number of pyridine rings is 1. The number of nitrogens with zero attached hydrogens (tertiary/aromatic N) is 4. The lowest BCUT2D eigenvalue weighted by atomic mass is 9.85. The van der Waals surface area contributed by atoms with Crippen LogP contribution >= 0.6 is 15.9 Å². The summed E-state index contributed by atoms with van der Waals surface area (Å²) in [7, 11) is 0. The van der Waals surface area contributed by atoms with Crippen LogP contribution in [0.4, 0.5) is 17.5 Å². The van der Waals surface area contributed by atoms with Crippen molar-refractivity contribution in [2.45, 2.75) is 38.0 Å². The summed E-state index contributed by atoms with van der Waals surface area (Å²) < 4.78 is 0.769. The fraction of sp³-hybridized carbons (Fsp3) is 0.348. The first-order valence-corrected chi connectivity index (χ1v) is 11.3. The van der Waals surface area contributed by atoms with Crippen LogP contribution in [0.15, 0.2) is 41.1 Å². The molecule has 166 valence electrons. The topological polar surface area (TPSA) is 134 Å². The summed E-state index contributed by atoms with van der Waals surface area (Å²) >= 11 is 3.41. The van der Waals surface area contributed by atoms with Crippen molar-refractivity contribution in [1.82, 2.24) is 15.0 Å². The van der Waals surface area contributed by atoms with Crippen LogP contribution in [0.2, 0.25) is 0 Å². The number of hydrogen-bond donors (Lipinski definition) is 4. The average molecular weight is 497 g/mol. The number of rotatable bonds is 3. The maximum atomic E-state index is 10.9. The molecule has 32 heavy (non-hydrogen) atoms. The second-order valence-electron chi connectivity index (χ2n) is 8.86. The molecule has 0 unspecified atom stereocenters. The van der Waals surface area contributed by atoms with Gasteiger partial charge in [0.25, 0.3) is 0 Å². The summed E-state index contributed by atoms with van der Waals surface area (Å²) in [5, 5.41) is 22.8. The molecule has 2 aromatic heterocycles. The van der Waals surface area contributed by atoms with Crippen LogP contribution in [0.1, 0.15) is 24.5 Å². The number of aliphatic hydroxyl groups is 2. The van der Waals surface area contributed by atoms with E-state index in [4.69, 9.17) is 11.5 Å². The Morgan fingerprint density at radius 2 is 2.00 bits per heavy atom. The molecule has 1 aliphatic heterocycles. The molecule has 1 aromatic carbocycles. The monoisotopic (exact) mass is 496 g/mol. The predicted molar refractivity (Wildman–Crippen MR) is 129 cm³/mol. The molecule has 1 fully saturated rings. The van der Waals surface area contributed by atoms with Crippen molar-refractivity contribution in [2.24, 2.45) is 5.41 Å². The highest BCUT2D eigenvalue weighted by molar-refractivity contribution is 9.10. The standard InChI is InChI=1S/C23H25BrN6O2/c1-23(6-4-12-2-3-13-9-15(24)21(26)29-16(13)8-12)10-17(18(31)19(23)32)30-7-5-14-20(25)27-11-28-22(14)30/h2-4,6,8-9,11,17-19,31-32H,5,7,10H2,1H3,(H2,26,29)(H2,25,27,28)/b6-4+/t17-,18+,19+,23+/m1/s1. The fourth-order valence-corrected chi connectivity index (χ4v) is 5.22. The molecule has 1 aliphatic carbocycles. The Hall–Kier alpha value is -2.75. The zero-order valence-electron chi connectivity index (χ0n) is 17.6. The number of aromatic nitrogens is 3. The summed E-state index contributed by atoms with van der Waals surface area (Å²) in [4.78, 5) is 15.0. The maximum Gasteiger partial charge on any atom is 0.138 e. The second-order valence-corrected chi connectivity index (χ2v) is 9.71. The summed E-state index contributed by atoms with van der Waals surface area (Å²) in [6, 6.07) is 7.63. The molecule has 0 radical (unpaired) electrons. The summed E-state index contributed by atoms with van der Waals surface area (Å²) in [5.74, 6) is 1.68. The van der Waals surface area contributed by atoms with Crippen LogP contribution in [0, 0.1) is 5.41 Å². The molecule has 8 nitrogen and oxygen atoms in total. The van der Waals surface area contributed by atoms with Gasteiger partial charge in [-0.25, -0.2) is 15.0 Å². The lowest BCUT2D eigenvalue weighted by molar-refractivity contribution is -0.00109. The van der Waals surface area contributed by atoms with Gasteiger partial charge in [-0.15, -0.1) is 0 Å². The van der Waals surface area contributed by atoms with Crippen molar-refractivity contribution in [3.05, 3.63) is 52.3 Å². The Labute approximate surface area is 194 Å². The maximum absolute atomic E-state index is 10.9. The molecule has 1 saturated carbocycles. The largest absolute Gasteiger partial charge is 0.389 e. The number of halogens is 1. The molecule has 0 saturated heterocycles. The first-order chi connectivity index (χ1) is 15.3. The third-order valence-electron chi connectivity index (χ3n) is 6.75. The van der Waals surface area contributed by atoms with Gasteiger partial charge in [-0.1, -0.05) is 31.2 Å². The normalized spacial score (nSPS) is 27.5. The molecule has 0 spiro atoms. The summed E-state index contributed by atoms with van der Waals surface area (Å²) in [5.41, 5.74) is 14.0. The molecule has 5 rings (SSSR count). The lowest BCUT2D eigenvalue weighted by Gasteiger charge is -2.28. The molecule has 0 bridgehead atoms. The first kappa shape index (κ1) is 21.1. The second kappa shape index (κ2) is 7.68. The van der Waals surface area contributed by atoms with Gasteiger partial charge in [0.05, 0.1) is 22.1 Å². The van der Waals surface area contributed by atoms with Crippen LogP contribution in [-0.4, -0.2) is 50.0 Å². The van der Waals surface area contributed by atoms with Gasteiger partial charge in [-0.05, 0) is 46.5 Å². The third kappa shape index (κ3) is 3.41. The van der Waals surface area contributed by atoms with E-state index in [1.54, 1.807) is 0 Å². The van der Waals surface area contributed by atoms with Crippen LogP contribution in [0.25, 0.3) is 17.0 Å². The van der Waals surface area contributed by atoms with E-state index in [2.05, 4.69) is 35.8 Å². The first-order valence-electron chi connectivity index (χ1n) is 10.5. The smallest absolute Gasteiger partial charge is 0.138 e. The number of hydrogen-bond acceptors (Lipinski definition) is 8. The van der Waals surface area contributed by atoms with Gasteiger partial charge in [0.1, 0.15) is 29.9 Å². The molecule has 9 heteroatoms. The highest BCUT2D eigenvalue weighted by atomic mass is 79.9. The van der Waals surface area contributed by atoms with E-state index in [1.807, 2.05) is 43.3 Å². The van der Waals surface area contributed by atoms with Gasteiger partial charge in [0.2, 0.25) is 0 Å². The number of nitrogen functional groups attached to an aromatic ring is 2. The van der Waals surface area contributed by atoms with Gasteiger partial charge >= 0.3 is 0 Å². The number of nitrogens with two attached hydrogens (primary N) is 2. The van der Waals surface area contributed by atoms with E-state index < -0.39 is 17.6 Å². The Kier molecular flexibility index (Phi) is 5.07. The van der Waals surface area contributed by atoms with Gasteiger partial charge in [-0.2, -0.15) is 0 Å². The van der Waals surface area contributed by atoms with Crippen molar-refractivity contribution >= 4 is 50.4 Å². The van der Waals surface area contributed by atoms with E-state index >= 15 is 0 Å². The number of fused-ring (bicyclic) bond motifs is 2. The van der Waals surface area contributed by atoms with Crippen molar-refractivity contribution < 1.29 is 10.2 Å². The highest BCUT2D eigenvalue weighted by Gasteiger charge is 2.51. The van der Waals surface area contributed by atoms with E-state index in [0.29, 0.717) is 24.6 Å². The van der Waals surface area contributed by atoms with Crippen molar-refractivity contribution in [1.29, 1.82) is 0 Å². The van der Waals surface area contributed by atoms with Crippen molar-refractivity contribution in [3.63, 3.8) is 0 Å². The SMILES string of the molecule is C[C@]1(/C=C/c2ccc3cc(Br)c(N)nc3c2)C[C@@H](N2CCc3c(N)ncnc32)[C@H](O)[C@@H]1O. The van der Waals surface area contributed by atoms with Crippen LogP contribution in [0.5, 0.6) is 0 Å². The average Bonchev–Trinajstić information content (AvgIpc) is 3.29. The molecular weight excluding hydrogens is 472 g/mol. The van der Waals surface area contributed by atoms with E-state index in [9.17, 15) is 10.2 Å². The highest BCUT2D eigenvalue weighted by Crippen LogP contribution is 2.45. The van der Waals surface area contributed by atoms with Gasteiger partial charge in [-0.3, -0.25) is 0 Å². The molecule has 0 amide bonds. The Bertz CT molecular complexity index is 1230. The van der Waals surface area contributed by atoms with Crippen LogP contribution in [0.3, 0.4) is 0 Å². The van der Waals surface area contributed by atoms with E-state index in [-0.39, 0.29) is 6.04 Å². The quantitative estimate of drug-likeness (QED) is 0.434. The van der Waals surface area contributed by atoms with Gasteiger partial charge in [0.15, 0.2) is 0 Å². The van der Waals surface area contributed by atoms with Crippen LogP contribution < -0.4 is 16.4 Å². The zero-order valence-corrected chi connectivity index (χ0v) is 19.2. The molecule has 3 aromatic rings. The molecule has 4 atom stereocenters. The fourth-order valence-electron chi connectivity index (χ4n) is 4.88. The predicted octanol–water partition coefficient (Wildman–Crippen LogP) is 2.53. The van der Waals surface area contributed by atoms with E-state index in [1.165, 1.54) is 6.33 Å². The summed E-state index contributed by atoms with van der Waals surface area (Å²) in [6.07, 6.45) is 4.91.